The smallest absolute Gasteiger partial charge is 0.252 e. The first kappa shape index (κ1) is 12.8. The summed E-state index contributed by atoms with van der Waals surface area (Å²) in [7, 11) is 2.12. The average molecular weight is 249 g/mol. The Balaban J connectivity index is 1.81. The minimum atomic E-state index is -0.193. The van der Waals surface area contributed by atoms with E-state index in [1.807, 2.05) is 0 Å². The van der Waals surface area contributed by atoms with Gasteiger partial charge in [-0.15, -0.1) is 0 Å². The number of hydrogen-bond donors (Lipinski definition) is 2. The predicted octanol–water partition coefficient (Wildman–Crippen LogP) is 0.447. The first-order valence-corrected chi connectivity index (χ1v) is 6.30. The topological polar surface area (TPSA) is 65.2 Å². The Labute approximate surface area is 106 Å². The number of nitrogens with one attached hydrogen (secondary N) is 2. The van der Waals surface area contributed by atoms with E-state index < -0.39 is 0 Å². The van der Waals surface area contributed by atoms with Crippen molar-refractivity contribution in [3.63, 3.8) is 0 Å². The van der Waals surface area contributed by atoms with Gasteiger partial charge in [-0.1, -0.05) is 0 Å². The lowest BCUT2D eigenvalue weighted by Gasteiger charge is -2.28. The number of amides is 1. The minimum absolute atomic E-state index is 0.120. The molecular formula is C13H19N3O2. The lowest BCUT2D eigenvalue weighted by molar-refractivity contribution is 0.0938. The summed E-state index contributed by atoms with van der Waals surface area (Å²) in [6.45, 7) is 2.91. The van der Waals surface area contributed by atoms with Gasteiger partial charge in [-0.05, 0) is 45.0 Å². The summed E-state index contributed by atoms with van der Waals surface area (Å²) in [5.41, 5.74) is 0.310. The number of carbonyl (C=O) groups excluding carboxylic acids is 1. The molecular weight excluding hydrogens is 230 g/mol. The number of aromatic nitrogens is 1. The zero-order valence-electron chi connectivity index (χ0n) is 10.6. The third-order valence-corrected chi connectivity index (χ3v) is 3.44. The molecule has 18 heavy (non-hydrogen) atoms. The maximum atomic E-state index is 11.8. The van der Waals surface area contributed by atoms with Crippen LogP contribution in [0.3, 0.4) is 0 Å². The van der Waals surface area contributed by atoms with Crippen LogP contribution in [0.4, 0.5) is 0 Å². The number of rotatable bonds is 3. The second kappa shape index (κ2) is 5.82. The quantitative estimate of drug-likeness (QED) is 0.817. The fourth-order valence-electron chi connectivity index (χ4n) is 2.16. The van der Waals surface area contributed by atoms with E-state index >= 15 is 0 Å². The number of nitrogens with zero attached hydrogens (tertiary/aromatic N) is 1. The molecule has 1 aliphatic rings. The predicted molar refractivity (Wildman–Crippen MR) is 69.6 cm³/mol. The fraction of sp³-hybridized carbons (Fsp3) is 0.538. The molecule has 0 radical (unpaired) electrons. The normalized spacial score (nSPS) is 17.6. The lowest BCUT2D eigenvalue weighted by atomic mass is 9.97. The van der Waals surface area contributed by atoms with E-state index in [-0.39, 0.29) is 11.5 Å². The van der Waals surface area contributed by atoms with Gasteiger partial charge >= 0.3 is 0 Å². The highest BCUT2D eigenvalue weighted by Gasteiger charge is 2.17. The van der Waals surface area contributed by atoms with Crippen molar-refractivity contribution in [2.45, 2.75) is 12.8 Å². The Hall–Kier alpha value is -1.62. The van der Waals surface area contributed by atoms with Gasteiger partial charge in [-0.25, -0.2) is 0 Å². The minimum Gasteiger partial charge on any atom is -0.352 e. The van der Waals surface area contributed by atoms with Gasteiger partial charge in [-0.2, -0.15) is 0 Å². The van der Waals surface area contributed by atoms with Gasteiger partial charge in [0.1, 0.15) is 0 Å². The molecule has 0 saturated carbocycles. The third kappa shape index (κ3) is 3.43. The van der Waals surface area contributed by atoms with Crippen molar-refractivity contribution in [2.24, 2.45) is 5.92 Å². The Morgan fingerprint density at radius 2 is 2.17 bits per heavy atom. The molecule has 0 spiro atoms. The van der Waals surface area contributed by atoms with Crippen molar-refractivity contribution in [1.29, 1.82) is 0 Å². The molecule has 5 nitrogen and oxygen atoms in total. The Morgan fingerprint density at radius 1 is 1.44 bits per heavy atom. The molecule has 2 rings (SSSR count). The van der Waals surface area contributed by atoms with Crippen LogP contribution in [0.15, 0.2) is 23.1 Å². The summed E-state index contributed by atoms with van der Waals surface area (Å²) in [5, 5.41) is 2.92. The zero-order chi connectivity index (χ0) is 13.0. The molecule has 1 aliphatic heterocycles. The van der Waals surface area contributed by atoms with E-state index in [1.165, 1.54) is 12.3 Å². The van der Waals surface area contributed by atoms with Crippen LogP contribution in [0.2, 0.25) is 0 Å². The monoisotopic (exact) mass is 249 g/mol. The Kier molecular flexibility index (Phi) is 4.15. The summed E-state index contributed by atoms with van der Waals surface area (Å²) >= 11 is 0. The molecule has 0 aliphatic carbocycles. The third-order valence-electron chi connectivity index (χ3n) is 3.44. The van der Waals surface area contributed by atoms with Crippen molar-refractivity contribution in [3.05, 3.63) is 34.2 Å². The largest absolute Gasteiger partial charge is 0.352 e. The highest BCUT2D eigenvalue weighted by atomic mass is 16.1. The maximum absolute atomic E-state index is 11.8. The van der Waals surface area contributed by atoms with Gasteiger partial charge in [0, 0.05) is 18.8 Å². The van der Waals surface area contributed by atoms with Crippen molar-refractivity contribution in [3.8, 4) is 0 Å². The number of H-pyrrole nitrogens is 1. The lowest BCUT2D eigenvalue weighted by Crippen LogP contribution is -2.37. The second-order valence-corrected chi connectivity index (χ2v) is 4.90. The van der Waals surface area contributed by atoms with Crippen molar-refractivity contribution < 1.29 is 4.79 Å². The number of hydrogen-bond acceptors (Lipinski definition) is 3. The zero-order valence-corrected chi connectivity index (χ0v) is 10.6. The first-order valence-electron chi connectivity index (χ1n) is 6.30. The van der Waals surface area contributed by atoms with E-state index in [4.69, 9.17) is 0 Å². The molecule has 1 amide bonds. The number of aromatic amines is 1. The van der Waals surface area contributed by atoms with Gasteiger partial charge in [0.2, 0.25) is 5.56 Å². The molecule has 0 unspecified atom stereocenters. The Morgan fingerprint density at radius 3 is 2.78 bits per heavy atom. The summed E-state index contributed by atoms with van der Waals surface area (Å²) in [6.07, 6.45) is 3.71. The summed E-state index contributed by atoms with van der Waals surface area (Å²) < 4.78 is 0. The number of carbonyl (C=O) groups is 1. The number of likely N-dealkylation sites (tertiary alicyclic amines) is 1. The molecule has 1 fully saturated rings. The molecule has 5 heteroatoms. The Bertz CT molecular complexity index is 441. The van der Waals surface area contributed by atoms with Crippen LogP contribution in [-0.4, -0.2) is 42.5 Å². The first-order chi connectivity index (χ1) is 8.65. The summed E-state index contributed by atoms with van der Waals surface area (Å²) in [5.74, 6) is 0.443. The van der Waals surface area contributed by atoms with Gasteiger partial charge in [0.25, 0.3) is 5.91 Å². The van der Waals surface area contributed by atoms with E-state index in [0.29, 0.717) is 18.0 Å². The molecule has 2 heterocycles. The van der Waals surface area contributed by atoms with E-state index in [1.54, 1.807) is 6.07 Å². The van der Waals surface area contributed by atoms with E-state index in [9.17, 15) is 9.59 Å². The summed E-state index contributed by atoms with van der Waals surface area (Å²) in [4.78, 5) is 27.5. The highest BCUT2D eigenvalue weighted by molar-refractivity contribution is 5.93. The highest BCUT2D eigenvalue weighted by Crippen LogP contribution is 2.14. The molecule has 0 bridgehead atoms. The van der Waals surface area contributed by atoms with Crippen LogP contribution in [-0.2, 0) is 0 Å². The van der Waals surface area contributed by atoms with Gasteiger partial charge in [0.15, 0.2) is 0 Å². The molecule has 2 N–H and O–H groups in total. The van der Waals surface area contributed by atoms with Crippen LogP contribution in [0.25, 0.3) is 0 Å². The fourth-order valence-corrected chi connectivity index (χ4v) is 2.16. The molecule has 0 aromatic carbocycles. The van der Waals surface area contributed by atoms with Gasteiger partial charge in [0.05, 0.1) is 5.56 Å². The molecule has 1 aromatic heterocycles. The molecule has 1 aromatic rings. The molecule has 98 valence electrons. The van der Waals surface area contributed by atoms with Crippen LogP contribution < -0.4 is 10.9 Å². The average Bonchev–Trinajstić information content (AvgIpc) is 2.38. The van der Waals surface area contributed by atoms with Gasteiger partial charge in [-0.3, -0.25) is 9.59 Å². The SMILES string of the molecule is CN1CCC(CNC(=O)c2ccc(=O)[nH]c2)CC1. The number of piperidine rings is 1. The standard InChI is InChI=1S/C13H19N3O2/c1-16-6-4-10(5-7-16)8-15-13(18)11-2-3-12(17)14-9-11/h2-3,9-10H,4-8H2,1H3,(H,14,17)(H,15,18). The van der Waals surface area contributed by atoms with Crippen LogP contribution in [0.1, 0.15) is 23.2 Å². The molecule has 0 atom stereocenters. The van der Waals surface area contributed by atoms with Crippen molar-refractivity contribution >= 4 is 5.91 Å². The second-order valence-electron chi connectivity index (χ2n) is 4.90. The van der Waals surface area contributed by atoms with Crippen molar-refractivity contribution in [2.75, 3.05) is 26.7 Å². The van der Waals surface area contributed by atoms with E-state index in [2.05, 4.69) is 22.2 Å². The maximum Gasteiger partial charge on any atom is 0.252 e. The van der Waals surface area contributed by atoms with Crippen LogP contribution in [0.5, 0.6) is 0 Å². The summed E-state index contributed by atoms with van der Waals surface area (Å²) in [6, 6.07) is 2.91. The van der Waals surface area contributed by atoms with Crippen LogP contribution >= 0.6 is 0 Å². The van der Waals surface area contributed by atoms with E-state index in [0.717, 1.165) is 25.9 Å². The van der Waals surface area contributed by atoms with Gasteiger partial charge < -0.3 is 15.2 Å². The van der Waals surface area contributed by atoms with Crippen molar-refractivity contribution in [1.82, 2.24) is 15.2 Å². The van der Waals surface area contributed by atoms with Crippen LogP contribution in [0, 0.1) is 5.92 Å². The number of pyridine rings is 1. The molecule has 1 saturated heterocycles.